The van der Waals surface area contributed by atoms with E-state index in [1.165, 1.54) is 0 Å². The Morgan fingerprint density at radius 2 is 1.70 bits per heavy atom. The zero-order chi connectivity index (χ0) is 22.8. The smallest absolute Gasteiger partial charge is 0.255 e. The van der Waals surface area contributed by atoms with Crippen LogP contribution in [0.3, 0.4) is 0 Å². The van der Waals surface area contributed by atoms with Crippen LogP contribution in [0.4, 0.5) is 5.69 Å². The van der Waals surface area contributed by atoms with Gasteiger partial charge >= 0.3 is 0 Å². The summed E-state index contributed by atoms with van der Waals surface area (Å²) in [5, 5.41) is 3.57. The summed E-state index contributed by atoms with van der Waals surface area (Å²) in [6.07, 6.45) is 4.42. The van der Waals surface area contributed by atoms with E-state index in [-0.39, 0.29) is 24.6 Å². The number of nitrogens with one attached hydrogen (secondary N) is 1. The first-order valence-electron chi connectivity index (χ1n) is 11.6. The van der Waals surface area contributed by atoms with Gasteiger partial charge in [0.15, 0.2) is 11.5 Å². The van der Waals surface area contributed by atoms with Crippen LogP contribution in [-0.2, 0) is 4.79 Å². The summed E-state index contributed by atoms with van der Waals surface area (Å²) < 4.78 is 10.8. The van der Waals surface area contributed by atoms with Gasteiger partial charge in [0.25, 0.3) is 5.91 Å². The Morgan fingerprint density at radius 1 is 0.970 bits per heavy atom. The van der Waals surface area contributed by atoms with Gasteiger partial charge in [-0.2, -0.15) is 0 Å². The van der Waals surface area contributed by atoms with Crippen molar-refractivity contribution >= 4 is 29.1 Å². The number of rotatable bonds is 5. The van der Waals surface area contributed by atoms with Crippen LogP contribution in [0.5, 0.6) is 11.5 Å². The van der Waals surface area contributed by atoms with Gasteiger partial charge in [-0.25, -0.2) is 0 Å². The summed E-state index contributed by atoms with van der Waals surface area (Å²) in [5.41, 5.74) is 1.24. The van der Waals surface area contributed by atoms with Gasteiger partial charge in [-0.3, -0.25) is 14.5 Å². The van der Waals surface area contributed by atoms with E-state index in [2.05, 4.69) is 10.2 Å². The average molecular weight is 470 g/mol. The molecule has 1 N–H and O–H groups in total. The fraction of sp³-hybridized carbons (Fsp3) is 0.440. The predicted octanol–water partition coefficient (Wildman–Crippen LogP) is 4.02. The summed E-state index contributed by atoms with van der Waals surface area (Å²) in [7, 11) is 0. The zero-order valence-corrected chi connectivity index (χ0v) is 19.2. The molecule has 5 rings (SSSR count). The average Bonchev–Trinajstić information content (AvgIpc) is 3.52. The second-order valence-corrected chi connectivity index (χ2v) is 9.26. The van der Waals surface area contributed by atoms with E-state index in [0.717, 1.165) is 25.7 Å². The second-order valence-electron chi connectivity index (χ2n) is 8.85. The van der Waals surface area contributed by atoms with Gasteiger partial charge < -0.3 is 19.7 Å². The third kappa shape index (κ3) is 4.66. The highest BCUT2D eigenvalue weighted by Gasteiger charge is 2.37. The molecule has 1 saturated heterocycles. The van der Waals surface area contributed by atoms with E-state index in [0.29, 0.717) is 59.9 Å². The number of amides is 2. The highest BCUT2D eigenvalue weighted by molar-refractivity contribution is 6.33. The summed E-state index contributed by atoms with van der Waals surface area (Å²) in [5.74, 6) is 1.62. The Hall–Kier alpha value is -2.77. The van der Waals surface area contributed by atoms with Gasteiger partial charge in [0, 0.05) is 37.9 Å². The van der Waals surface area contributed by atoms with Crippen molar-refractivity contribution in [1.82, 2.24) is 9.80 Å². The minimum Gasteiger partial charge on any atom is -0.454 e. The van der Waals surface area contributed by atoms with Gasteiger partial charge in [0.2, 0.25) is 12.7 Å². The van der Waals surface area contributed by atoms with Crippen LogP contribution < -0.4 is 14.8 Å². The Bertz CT molecular complexity index is 1030. The van der Waals surface area contributed by atoms with Gasteiger partial charge in [0.1, 0.15) is 0 Å². The molecule has 2 aliphatic heterocycles. The van der Waals surface area contributed by atoms with Crippen LogP contribution in [0.1, 0.15) is 36.0 Å². The molecule has 1 atom stereocenters. The topological polar surface area (TPSA) is 71.1 Å². The molecule has 2 amide bonds. The Labute approximate surface area is 198 Å². The van der Waals surface area contributed by atoms with E-state index in [1.54, 1.807) is 12.1 Å². The predicted molar refractivity (Wildman–Crippen MR) is 126 cm³/mol. The largest absolute Gasteiger partial charge is 0.454 e. The number of piperazine rings is 1. The molecule has 2 heterocycles. The molecule has 0 spiro atoms. The number of anilines is 1. The summed E-state index contributed by atoms with van der Waals surface area (Å²) in [6.45, 7) is 2.67. The first-order valence-corrected chi connectivity index (χ1v) is 12.0. The number of halogens is 1. The maximum atomic E-state index is 13.5. The Balaban J connectivity index is 1.27. The lowest BCUT2D eigenvalue weighted by molar-refractivity contribution is -0.123. The fourth-order valence-electron chi connectivity index (χ4n) is 5.15. The number of fused-ring (bicyclic) bond motifs is 1. The van der Waals surface area contributed by atoms with E-state index < -0.39 is 0 Å². The van der Waals surface area contributed by atoms with Crippen molar-refractivity contribution < 1.29 is 19.1 Å². The standard InChI is InChI=1S/C25H28ClN3O4/c26-20-8-4-3-7-19(20)25(31)29-13-11-28(12-14-29)23(17-5-1-2-6-17)24(30)27-18-9-10-21-22(15-18)33-16-32-21/h3-4,7-10,15,17,23H,1-2,5-6,11-14,16H2,(H,27,30)/t23-/m1/s1. The van der Waals surface area contributed by atoms with Crippen molar-refractivity contribution in [2.75, 3.05) is 38.3 Å². The molecule has 1 aliphatic carbocycles. The number of carbonyl (C=O) groups is 2. The number of hydrogen-bond acceptors (Lipinski definition) is 5. The second kappa shape index (κ2) is 9.61. The van der Waals surface area contributed by atoms with Crippen molar-refractivity contribution in [3.05, 3.63) is 53.1 Å². The number of ether oxygens (including phenoxy) is 2. The van der Waals surface area contributed by atoms with E-state index >= 15 is 0 Å². The molecule has 1 saturated carbocycles. The zero-order valence-electron chi connectivity index (χ0n) is 18.5. The molecule has 2 fully saturated rings. The van der Waals surface area contributed by atoms with Crippen LogP contribution in [0.2, 0.25) is 5.02 Å². The summed E-state index contributed by atoms with van der Waals surface area (Å²) in [6, 6.07) is 12.4. The van der Waals surface area contributed by atoms with Crippen molar-refractivity contribution in [3.63, 3.8) is 0 Å². The van der Waals surface area contributed by atoms with Crippen molar-refractivity contribution in [3.8, 4) is 11.5 Å². The van der Waals surface area contributed by atoms with Crippen LogP contribution in [-0.4, -0.2) is 60.6 Å². The van der Waals surface area contributed by atoms with Gasteiger partial charge in [-0.15, -0.1) is 0 Å². The highest BCUT2D eigenvalue weighted by atomic mass is 35.5. The lowest BCUT2D eigenvalue weighted by Crippen LogP contribution is -2.57. The quantitative estimate of drug-likeness (QED) is 0.716. The van der Waals surface area contributed by atoms with Crippen LogP contribution >= 0.6 is 11.6 Å². The molecule has 33 heavy (non-hydrogen) atoms. The first-order chi connectivity index (χ1) is 16.1. The van der Waals surface area contributed by atoms with E-state index in [1.807, 2.05) is 35.2 Å². The Morgan fingerprint density at radius 3 is 2.45 bits per heavy atom. The van der Waals surface area contributed by atoms with Gasteiger partial charge in [0.05, 0.1) is 16.6 Å². The lowest BCUT2D eigenvalue weighted by atomic mass is 9.94. The van der Waals surface area contributed by atoms with Crippen LogP contribution in [0.15, 0.2) is 42.5 Å². The van der Waals surface area contributed by atoms with Crippen LogP contribution in [0.25, 0.3) is 0 Å². The molecule has 0 radical (unpaired) electrons. The molecule has 0 bridgehead atoms. The maximum absolute atomic E-state index is 13.5. The van der Waals surface area contributed by atoms with Crippen molar-refractivity contribution in [1.29, 1.82) is 0 Å². The maximum Gasteiger partial charge on any atom is 0.255 e. The molecular formula is C25H28ClN3O4. The minimum atomic E-state index is -0.213. The lowest BCUT2D eigenvalue weighted by Gasteiger charge is -2.40. The third-order valence-corrected chi connectivity index (χ3v) is 7.18. The first kappa shape index (κ1) is 22.0. The normalized spacial score (nSPS) is 19.5. The van der Waals surface area contributed by atoms with Crippen LogP contribution in [0, 0.1) is 5.92 Å². The molecule has 2 aromatic carbocycles. The molecule has 2 aromatic rings. The van der Waals surface area contributed by atoms with Crippen molar-refractivity contribution in [2.45, 2.75) is 31.7 Å². The van der Waals surface area contributed by atoms with E-state index in [9.17, 15) is 9.59 Å². The number of benzene rings is 2. The number of nitrogens with zero attached hydrogens (tertiary/aromatic N) is 2. The molecular weight excluding hydrogens is 442 g/mol. The fourth-order valence-corrected chi connectivity index (χ4v) is 5.37. The molecule has 7 nitrogen and oxygen atoms in total. The number of hydrogen-bond donors (Lipinski definition) is 1. The highest BCUT2D eigenvalue weighted by Crippen LogP contribution is 2.35. The monoisotopic (exact) mass is 469 g/mol. The SMILES string of the molecule is O=C(Nc1ccc2c(c1)OCO2)[C@@H](C1CCCC1)N1CCN(C(=O)c2ccccc2Cl)CC1. The molecule has 0 aromatic heterocycles. The Kier molecular flexibility index (Phi) is 6.42. The number of carbonyl (C=O) groups excluding carboxylic acids is 2. The molecule has 0 unspecified atom stereocenters. The van der Waals surface area contributed by atoms with E-state index in [4.69, 9.17) is 21.1 Å². The molecule has 8 heteroatoms. The summed E-state index contributed by atoms with van der Waals surface area (Å²) in [4.78, 5) is 30.5. The summed E-state index contributed by atoms with van der Waals surface area (Å²) >= 11 is 6.23. The van der Waals surface area contributed by atoms with Gasteiger partial charge in [-0.05, 0) is 43.0 Å². The minimum absolute atomic E-state index is 0.00615. The van der Waals surface area contributed by atoms with Gasteiger partial charge in [-0.1, -0.05) is 36.6 Å². The molecule has 174 valence electrons. The third-order valence-electron chi connectivity index (χ3n) is 6.85. The van der Waals surface area contributed by atoms with Crippen molar-refractivity contribution in [2.24, 2.45) is 5.92 Å². The molecule has 3 aliphatic rings.